The van der Waals surface area contributed by atoms with E-state index in [4.69, 9.17) is 0 Å². The Hall–Kier alpha value is -2.44. The summed E-state index contributed by atoms with van der Waals surface area (Å²) in [4.78, 5) is 19.9. The molecule has 0 fully saturated rings. The van der Waals surface area contributed by atoms with Crippen LogP contribution in [-0.2, 0) is 6.54 Å². The second-order valence-corrected chi connectivity index (χ2v) is 4.46. The van der Waals surface area contributed by atoms with E-state index in [1.807, 2.05) is 26.0 Å². The first-order chi connectivity index (χ1) is 9.70. The Labute approximate surface area is 117 Å². The molecule has 0 aliphatic rings. The number of hydrogen-bond acceptors (Lipinski definition) is 4. The Morgan fingerprint density at radius 2 is 2.35 bits per heavy atom. The van der Waals surface area contributed by atoms with E-state index >= 15 is 0 Å². The van der Waals surface area contributed by atoms with Crippen LogP contribution in [0.2, 0.25) is 0 Å². The van der Waals surface area contributed by atoms with Gasteiger partial charge in [0.05, 0.1) is 0 Å². The SMILES string of the molecule is CCC(C)NC(=O)NCc1cccnc1-n1cncn1. The van der Waals surface area contributed by atoms with Gasteiger partial charge in [0.1, 0.15) is 12.7 Å². The number of carbonyl (C=O) groups is 1. The molecule has 0 aliphatic carbocycles. The number of nitrogens with one attached hydrogen (secondary N) is 2. The van der Waals surface area contributed by atoms with Crippen molar-refractivity contribution < 1.29 is 4.79 Å². The molecule has 7 nitrogen and oxygen atoms in total. The molecule has 0 saturated heterocycles. The first-order valence-electron chi connectivity index (χ1n) is 6.54. The summed E-state index contributed by atoms with van der Waals surface area (Å²) in [6.45, 7) is 4.37. The van der Waals surface area contributed by atoms with Crippen LogP contribution in [0.5, 0.6) is 0 Å². The average Bonchev–Trinajstić information content (AvgIpc) is 2.99. The highest BCUT2D eigenvalue weighted by molar-refractivity contribution is 5.74. The summed E-state index contributed by atoms with van der Waals surface area (Å²) in [5.41, 5.74) is 0.873. The van der Waals surface area contributed by atoms with Crippen LogP contribution in [0.15, 0.2) is 31.0 Å². The molecule has 0 bridgehead atoms. The second kappa shape index (κ2) is 6.65. The zero-order valence-corrected chi connectivity index (χ0v) is 11.6. The van der Waals surface area contributed by atoms with Crippen molar-refractivity contribution in [2.75, 3.05) is 0 Å². The van der Waals surface area contributed by atoms with Gasteiger partial charge in [0.15, 0.2) is 5.82 Å². The Morgan fingerprint density at radius 1 is 1.50 bits per heavy atom. The number of carbonyl (C=O) groups excluding carboxylic acids is 1. The lowest BCUT2D eigenvalue weighted by Crippen LogP contribution is -2.40. The van der Waals surface area contributed by atoms with E-state index < -0.39 is 0 Å². The van der Waals surface area contributed by atoms with Gasteiger partial charge in [-0.15, -0.1) is 0 Å². The summed E-state index contributed by atoms with van der Waals surface area (Å²) in [5.74, 6) is 0.661. The van der Waals surface area contributed by atoms with Gasteiger partial charge in [-0.25, -0.2) is 19.4 Å². The Bertz CT molecular complexity index is 554. The third-order valence-electron chi connectivity index (χ3n) is 2.93. The van der Waals surface area contributed by atoms with Crippen molar-refractivity contribution in [3.63, 3.8) is 0 Å². The van der Waals surface area contributed by atoms with Crippen molar-refractivity contribution in [3.8, 4) is 5.82 Å². The van der Waals surface area contributed by atoms with Crippen molar-refractivity contribution in [2.45, 2.75) is 32.9 Å². The molecule has 0 spiro atoms. The van der Waals surface area contributed by atoms with Gasteiger partial charge in [-0.3, -0.25) is 0 Å². The lowest BCUT2D eigenvalue weighted by molar-refractivity contribution is 0.237. The molecule has 1 unspecified atom stereocenters. The summed E-state index contributed by atoms with van der Waals surface area (Å²) < 4.78 is 1.57. The number of nitrogens with zero attached hydrogens (tertiary/aromatic N) is 4. The van der Waals surface area contributed by atoms with E-state index in [0.29, 0.717) is 12.4 Å². The van der Waals surface area contributed by atoms with Crippen LogP contribution >= 0.6 is 0 Å². The highest BCUT2D eigenvalue weighted by Crippen LogP contribution is 2.08. The van der Waals surface area contributed by atoms with Gasteiger partial charge in [-0.2, -0.15) is 5.10 Å². The van der Waals surface area contributed by atoms with Gasteiger partial charge < -0.3 is 10.6 Å². The molecule has 20 heavy (non-hydrogen) atoms. The minimum absolute atomic E-state index is 0.152. The largest absolute Gasteiger partial charge is 0.336 e. The summed E-state index contributed by atoms with van der Waals surface area (Å²) in [5, 5.41) is 9.71. The smallest absolute Gasteiger partial charge is 0.315 e. The van der Waals surface area contributed by atoms with Crippen molar-refractivity contribution in [2.24, 2.45) is 0 Å². The van der Waals surface area contributed by atoms with Crippen LogP contribution in [0.4, 0.5) is 4.79 Å². The zero-order chi connectivity index (χ0) is 14.4. The zero-order valence-electron chi connectivity index (χ0n) is 11.6. The highest BCUT2D eigenvalue weighted by atomic mass is 16.2. The number of rotatable bonds is 5. The van der Waals surface area contributed by atoms with Crippen molar-refractivity contribution in [1.82, 2.24) is 30.4 Å². The molecule has 0 saturated carbocycles. The quantitative estimate of drug-likeness (QED) is 0.859. The third kappa shape index (κ3) is 3.53. The molecule has 7 heteroatoms. The summed E-state index contributed by atoms with van der Waals surface area (Å²) in [6.07, 6.45) is 5.59. The lowest BCUT2D eigenvalue weighted by Gasteiger charge is -2.13. The lowest BCUT2D eigenvalue weighted by atomic mass is 10.2. The van der Waals surface area contributed by atoms with Crippen LogP contribution in [0.3, 0.4) is 0 Å². The molecule has 2 N–H and O–H groups in total. The maximum Gasteiger partial charge on any atom is 0.315 e. The number of amides is 2. The normalized spacial score (nSPS) is 11.9. The van der Waals surface area contributed by atoms with Crippen LogP contribution in [0, 0.1) is 0 Å². The maximum absolute atomic E-state index is 11.7. The second-order valence-electron chi connectivity index (χ2n) is 4.46. The van der Waals surface area contributed by atoms with Crippen LogP contribution in [0.1, 0.15) is 25.8 Å². The molecule has 2 aromatic heterocycles. The van der Waals surface area contributed by atoms with Crippen LogP contribution in [0.25, 0.3) is 5.82 Å². The molecule has 0 aliphatic heterocycles. The van der Waals surface area contributed by atoms with E-state index in [1.54, 1.807) is 17.2 Å². The van der Waals surface area contributed by atoms with Gasteiger partial charge in [0, 0.05) is 24.3 Å². The first-order valence-corrected chi connectivity index (χ1v) is 6.54. The van der Waals surface area contributed by atoms with E-state index in [0.717, 1.165) is 12.0 Å². The van der Waals surface area contributed by atoms with E-state index in [-0.39, 0.29) is 12.1 Å². The van der Waals surface area contributed by atoms with Crippen molar-refractivity contribution >= 4 is 6.03 Å². The molecular formula is C13H18N6O. The number of pyridine rings is 1. The molecular weight excluding hydrogens is 256 g/mol. The van der Waals surface area contributed by atoms with Crippen LogP contribution in [-0.4, -0.2) is 31.8 Å². The molecule has 2 aromatic rings. The average molecular weight is 274 g/mol. The predicted molar refractivity (Wildman–Crippen MR) is 74.3 cm³/mol. The molecule has 106 valence electrons. The highest BCUT2D eigenvalue weighted by Gasteiger charge is 2.09. The molecule has 2 amide bonds. The Morgan fingerprint density at radius 3 is 3.05 bits per heavy atom. The van der Waals surface area contributed by atoms with Crippen molar-refractivity contribution in [3.05, 3.63) is 36.5 Å². The minimum atomic E-state index is -0.187. The topological polar surface area (TPSA) is 84.7 Å². The summed E-state index contributed by atoms with van der Waals surface area (Å²) in [6, 6.07) is 3.68. The minimum Gasteiger partial charge on any atom is -0.336 e. The van der Waals surface area contributed by atoms with Crippen LogP contribution < -0.4 is 10.6 Å². The standard InChI is InChI=1S/C13H18N6O/c1-3-10(2)18-13(20)16-7-11-5-4-6-15-12(11)19-9-14-8-17-19/h4-6,8-10H,3,7H2,1-2H3,(H2,16,18,20). The van der Waals surface area contributed by atoms with Gasteiger partial charge in [-0.05, 0) is 19.4 Å². The Kier molecular flexibility index (Phi) is 4.65. The fourth-order valence-corrected chi connectivity index (χ4v) is 1.64. The summed E-state index contributed by atoms with van der Waals surface area (Å²) in [7, 11) is 0. The molecule has 2 rings (SSSR count). The number of hydrogen-bond donors (Lipinski definition) is 2. The fraction of sp³-hybridized carbons (Fsp3) is 0.385. The van der Waals surface area contributed by atoms with E-state index in [9.17, 15) is 4.79 Å². The molecule has 0 radical (unpaired) electrons. The molecule has 1 atom stereocenters. The van der Waals surface area contributed by atoms with Gasteiger partial charge >= 0.3 is 6.03 Å². The number of aromatic nitrogens is 4. The van der Waals surface area contributed by atoms with Gasteiger partial charge in [0.2, 0.25) is 0 Å². The maximum atomic E-state index is 11.7. The number of urea groups is 1. The predicted octanol–water partition coefficient (Wildman–Crippen LogP) is 1.26. The van der Waals surface area contributed by atoms with Crippen molar-refractivity contribution in [1.29, 1.82) is 0 Å². The van der Waals surface area contributed by atoms with Gasteiger partial charge in [0.25, 0.3) is 0 Å². The third-order valence-corrected chi connectivity index (χ3v) is 2.93. The molecule has 0 aromatic carbocycles. The van der Waals surface area contributed by atoms with E-state index in [2.05, 4.69) is 25.7 Å². The fourth-order valence-electron chi connectivity index (χ4n) is 1.64. The molecule has 2 heterocycles. The summed E-state index contributed by atoms with van der Waals surface area (Å²) >= 11 is 0. The Balaban J connectivity index is 2.02. The van der Waals surface area contributed by atoms with Gasteiger partial charge in [-0.1, -0.05) is 13.0 Å². The van der Waals surface area contributed by atoms with E-state index in [1.165, 1.54) is 6.33 Å². The first kappa shape index (κ1) is 14.0. The monoisotopic (exact) mass is 274 g/mol.